The Bertz CT molecular complexity index is 1510. The van der Waals surface area contributed by atoms with Crippen LogP contribution in [0.1, 0.15) is 69.9 Å². The molecular formula is C31H38N6O4. The van der Waals surface area contributed by atoms with Gasteiger partial charge in [0.05, 0.1) is 11.0 Å². The third kappa shape index (κ3) is 6.70. The van der Waals surface area contributed by atoms with E-state index >= 15 is 0 Å². The number of aromatic hydroxyl groups is 2. The summed E-state index contributed by atoms with van der Waals surface area (Å²) in [5.41, 5.74) is 4.24. The minimum absolute atomic E-state index is 0.000203. The van der Waals surface area contributed by atoms with Crippen molar-refractivity contribution in [2.75, 3.05) is 0 Å². The Morgan fingerprint density at radius 3 is 1.49 bits per heavy atom. The molecule has 10 heteroatoms. The van der Waals surface area contributed by atoms with Crippen LogP contribution in [0.15, 0.2) is 56.9 Å². The van der Waals surface area contributed by atoms with E-state index in [0.717, 1.165) is 58.6 Å². The number of aromatic nitrogens is 2. The van der Waals surface area contributed by atoms with E-state index in [1.165, 1.54) is 0 Å². The van der Waals surface area contributed by atoms with Crippen LogP contribution in [0.5, 0.6) is 11.8 Å². The van der Waals surface area contributed by atoms with Gasteiger partial charge in [0.1, 0.15) is 0 Å². The third-order valence-electron chi connectivity index (χ3n) is 7.11. The number of carbonyl (C=O) groups excluding carboxylic acids is 2. The fraction of sp³-hybridized carbons (Fsp3) is 0.419. The van der Waals surface area contributed by atoms with Gasteiger partial charge >= 0.3 is 0 Å². The summed E-state index contributed by atoms with van der Waals surface area (Å²) in [4.78, 5) is 24.9. The van der Waals surface area contributed by atoms with Crippen LogP contribution in [0, 0.1) is 13.8 Å². The molecule has 0 saturated carbocycles. The highest BCUT2D eigenvalue weighted by atomic mass is 16.3. The van der Waals surface area contributed by atoms with Crippen molar-refractivity contribution in [1.29, 1.82) is 0 Å². The standard InChI is InChI=1S/C31H38N6O4/c1-5-7-16-36-24-14-12-20(3)18-22(24)28(30(36)40)34-32-26(38)10-9-11-27(39)33-35-29-23-19-21(4)13-15-25(23)37(31(29)41)17-8-6-2/h12-15,18-19,40-41H,5-11,16-17H2,1-4H3. The van der Waals surface area contributed by atoms with Gasteiger partial charge in [-0.25, -0.2) is 0 Å². The highest BCUT2D eigenvalue weighted by Crippen LogP contribution is 2.41. The molecule has 0 aliphatic carbocycles. The monoisotopic (exact) mass is 558 g/mol. The summed E-state index contributed by atoms with van der Waals surface area (Å²) in [6, 6.07) is 11.6. The van der Waals surface area contributed by atoms with E-state index < -0.39 is 11.8 Å². The molecule has 2 N–H and O–H groups in total. The van der Waals surface area contributed by atoms with Gasteiger partial charge in [0.2, 0.25) is 11.8 Å². The van der Waals surface area contributed by atoms with Gasteiger partial charge < -0.3 is 19.3 Å². The van der Waals surface area contributed by atoms with Gasteiger partial charge in [-0.3, -0.25) is 9.59 Å². The summed E-state index contributed by atoms with van der Waals surface area (Å²) in [6.45, 7) is 9.34. The molecule has 0 bridgehead atoms. The van der Waals surface area contributed by atoms with E-state index in [4.69, 9.17) is 0 Å². The minimum atomic E-state index is -0.497. The quantitative estimate of drug-likeness (QED) is 0.169. The molecule has 4 rings (SSSR count). The summed E-state index contributed by atoms with van der Waals surface area (Å²) < 4.78 is 3.59. The van der Waals surface area contributed by atoms with Gasteiger partial charge in [0, 0.05) is 36.7 Å². The summed E-state index contributed by atoms with van der Waals surface area (Å²) in [5, 5.41) is 38.9. The largest absolute Gasteiger partial charge is 0.493 e. The number of nitrogens with zero attached hydrogens (tertiary/aromatic N) is 6. The van der Waals surface area contributed by atoms with Gasteiger partial charge in [-0.2, -0.15) is 0 Å². The first kappa shape index (κ1) is 29.6. The number of amides is 2. The van der Waals surface area contributed by atoms with Crippen molar-refractivity contribution < 1.29 is 19.8 Å². The number of carbonyl (C=O) groups is 2. The Hall–Kier alpha value is -4.34. The second kappa shape index (κ2) is 13.3. The molecule has 2 heterocycles. The number of hydrogen-bond donors (Lipinski definition) is 2. The van der Waals surface area contributed by atoms with Crippen molar-refractivity contribution in [3.63, 3.8) is 0 Å². The van der Waals surface area contributed by atoms with Crippen molar-refractivity contribution in [2.45, 2.75) is 85.7 Å². The fourth-order valence-corrected chi connectivity index (χ4v) is 4.86. The van der Waals surface area contributed by atoms with Gasteiger partial charge in [-0.05, 0) is 57.4 Å². The second-order valence-electron chi connectivity index (χ2n) is 10.4. The summed E-state index contributed by atoms with van der Waals surface area (Å²) >= 11 is 0. The van der Waals surface area contributed by atoms with Crippen LogP contribution in [-0.4, -0.2) is 31.2 Å². The predicted octanol–water partition coefficient (Wildman–Crippen LogP) is 8.32. The lowest BCUT2D eigenvalue weighted by molar-refractivity contribution is -0.119. The first-order chi connectivity index (χ1) is 19.7. The van der Waals surface area contributed by atoms with E-state index in [0.29, 0.717) is 13.1 Å². The molecule has 216 valence electrons. The first-order valence-electron chi connectivity index (χ1n) is 14.3. The van der Waals surface area contributed by atoms with E-state index in [9.17, 15) is 19.8 Å². The van der Waals surface area contributed by atoms with Crippen molar-refractivity contribution in [3.05, 3.63) is 47.5 Å². The zero-order valence-electron chi connectivity index (χ0n) is 24.2. The van der Waals surface area contributed by atoms with Crippen LogP contribution >= 0.6 is 0 Å². The molecular weight excluding hydrogens is 520 g/mol. The van der Waals surface area contributed by atoms with Gasteiger partial charge in [-0.15, -0.1) is 20.5 Å². The van der Waals surface area contributed by atoms with E-state index in [-0.39, 0.29) is 42.4 Å². The molecule has 0 aliphatic heterocycles. The summed E-state index contributed by atoms with van der Waals surface area (Å²) in [7, 11) is 0. The van der Waals surface area contributed by atoms with E-state index in [1.807, 2.05) is 50.2 Å². The first-order valence-corrected chi connectivity index (χ1v) is 14.3. The zero-order chi connectivity index (χ0) is 29.5. The Kier molecular flexibility index (Phi) is 9.65. The van der Waals surface area contributed by atoms with Crippen molar-refractivity contribution in [2.24, 2.45) is 20.5 Å². The number of unbranched alkanes of at least 4 members (excludes halogenated alkanes) is 2. The van der Waals surface area contributed by atoms with Gasteiger partial charge in [0.25, 0.3) is 11.8 Å². The fourth-order valence-electron chi connectivity index (χ4n) is 4.86. The summed E-state index contributed by atoms with van der Waals surface area (Å²) in [5.74, 6) is -1.02. The average Bonchev–Trinajstić information content (AvgIpc) is 3.36. The molecule has 2 amide bonds. The number of aryl methyl sites for hydroxylation is 4. The van der Waals surface area contributed by atoms with Crippen LogP contribution in [0.25, 0.3) is 21.8 Å². The SMILES string of the molecule is CCCCn1c(O)c(N=NC(=O)CCCC(=O)N=Nc2c(O)n(CCCC)c3ccc(C)cc23)c2cc(C)ccc21. The molecule has 2 aromatic heterocycles. The number of fused-ring (bicyclic) bond motifs is 2. The zero-order valence-corrected chi connectivity index (χ0v) is 24.2. The van der Waals surface area contributed by atoms with Crippen LogP contribution in [0.2, 0.25) is 0 Å². The number of benzene rings is 2. The Morgan fingerprint density at radius 2 is 1.10 bits per heavy atom. The molecule has 0 radical (unpaired) electrons. The van der Waals surface area contributed by atoms with Crippen LogP contribution in [-0.2, 0) is 22.7 Å². The highest BCUT2D eigenvalue weighted by molar-refractivity contribution is 5.96. The van der Waals surface area contributed by atoms with E-state index in [1.54, 1.807) is 9.13 Å². The number of azo groups is 2. The van der Waals surface area contributed by atoms with Crippen LogP contribution in [0.3, 0.4) is 0 Å². The lowest BCUT2D eigenvalue weighted by Crippen LogP contribution is -1.97. The molecule has 0 spiro atoms. The van der Waals surface area contributed by atoms with Crippen molar-refractivity contribution in [3.8, 4) is 11.8 Å². The Morgan fingerprint density at radius 1 is 0.683 bits per heavy atom. The topological polar surface area (TPSA) is 134 Å². The van der Waals surface area contributed by atoms with Crippen molar-refractivity contribution >= 4 is 45.0 Å². The van der Waals surface area contributed by atoms with Crippen LogP contribution < -0.4 is 0 Å². The maximum atomic E-state index is 12.4. The lowest BCUT2D eigenvalue weighted by Gasteiger charge is -2.05. The number of hydrogen-bond acceptors (Lipinski definition) is 6. The summed E-state index contributed by atoms with van der Waals surface area (Å²) in [6.07, 6.45) is 3.96. The smallest absolute Gasteiger partial charge is 0.264 e. The molecule has 41 heavy (non-hydrogen) atoms. The van der Waals surface area contributed by atoms with Crippen LogP contribution in [0.4, 0.5) is 11.4 Å². The average molecular weight is 559 g/mol. The maximum absolute atomic E-state index is 12.4. The predicted molar refractivity (Wildman–Crippen MR) is 159 cm³/mol. The molecule has 0 atom stereocenters. The van der Waals surface area contributed by atoms with Crippen molar-refractivity contribution in [1.82, 2.24) is 9.13 Å². The third-order valence-corrected chi connectivity index (χ3v) is 7.11. The van der Waals surface area contributed by atoms with Gasteiger partial charge in [-0.1, -0.05) is 49.9 Å². The Balaban J connectivity index is 1.40. The molecule has 4 aromatic rings. The molecule has 10 nitrogen and oxygen atoms in total. The Labute approximate surface area is 239 Å². The lowest BCUT2D eigenvalue weighted by atomic mass is 10.1. The molecule has 0 fully saturated rings. The maximum Gasteiger partial charge on any atom is 0.264 e. The number of rotatable bonds is 12. The normalized spacial score (nSPS) is 12.0. The minimum Gasteiger partial charge on any atom is -0.493 e. The second-order valence-corrected chi connectivity index (χ2v) is 10.4. The highest BCUT2D eigenvalue weighted by Gasteiger charge is 2.18. The molecule has 0 saturated heterocycles. The molecule has 0 unspecified atom stereocenters. The molecule has 0 aliphatic rings. The molecule has 2 aromatic carbocycles. The van der Waals surface area contributed by atoms with Gasteiger partial charge in [0.15, 0.2) is 11.4 Å². The van der Waals surface area contributed by atoms with E-state index in [2.05, 4.69) is 34.3 Å².